The molecule has 0 aliphatic rings. The molecule has 4 rings (SSSR count). The fraction of sp³-hybridized carbons (Fsp3) is 0.290. The summed E-state index contributed by atoms with van der Waals surface area (Å²) in [4.78, 5) is 0. The van der Waals surface area contributed by atoms with E-state index in [2.05, 4.69) is 54.4 Å². The molecule has 0 aliphatic heterocycles. The zero-order valence-corrected chi connectivity index (χ0v) is 20.7. The van der Waals surface area contributed by atoms with Gasteiger partial charge in [-0.2, -0.15) is 5.11 Å². The number of ether oxygens (including phenoxy) is 2. The van der Waals surface area contributed by atoms with Gasteiger partial charge in [-0.15, -0.1) is 5.11 Å². The van der Waals surface area contributed by atoms with Crippen molar-refractivity contribution in [2.75, 3.05) is 6.61 Å². The van der Waals surface area contributed by atoms with E-state index in [0.717, 1.165) is 46.9 Å². The molecule has 0 aliphatic carbocycles. The van der Waals surface area contributed by atoms with Gasteiger partial charge in [0.2, 0.25) is 0 Å². The first-order valence-corrected chi connectivity index (χ1v) is 12.6. The van der Waals surface area contributed by atoms with Crippen LogP contribution in [0.1, 0.15) is 50.2 Å². The van der Waals surface area contributed by atoms with Gasteiger partial charge in [0.15, 0.2) is 0 Å². The average molecular weight is 467 g/mol. The highest BCUT2D eigenvalue weighted by molar-refractivity contribution is 5.94. The number of unbranched alkanes of at least 4 members (excludes halogenated alkanes) is 4. The number of benzene rings is 4. The number of fused-ring (bicyclic) bond motifs is 1. The number of azo groups is 1. The molecule has 4 aromatic rings. The molecule has 4 nitrogen and oxygen atoms in total. The van der Waals surface area contributed by atoms with E-state index in [1.165, 1.54) is 36.6 Å². The Bertz CT molecular complexity index is 1230. The molecule has 0 spiro atoms. The van der Waals surface area contributed by atoms with Crippen LogP contribution < -0.4 is 9.47 Å². The van der Waals surface area contributed by atoms with Crippen LogP contribution in [0.25, 0.3) is 10.8 Å². The Morgan fingerprint density at radius 2 is 1.31 bits per heavy atom. The van der Waals surface area contributed by atoms with E-state index >= 15 is 0 Å². The van der Waals surface area contributed by atoms with Crippen LogP contribution >= 0.6 is 0 Å². The summed E-state index contributed by atoms with van der Waals surface area (Å²) in [7, 11) is 0. The molecule has 0 amide bonds. The zero-order valence-electron chi connectivity index (χ0n) is 20.7. The van der Waals surface area contributed by atoms with Gasteiger partial charge in [-0.05, 0) is 72.3 Å². The summed E-state index contributed by atoms with van der Waals surface area (Å²) in [5.74, 6) is 1.72. The minimum atomic E-state index is 0.507. The summed E-state index contributed by atoms with van der Waals surface area (Å²) in [6.07, 6.45) is 6.23. The topological polar surface area (TPSA) is 43.2 Å². The van der Waals surface area contributed by atoms with Crippen LogP contribution in [0.2, 0.25) is 0 Å². The molecule has 0 bridgehead atoms. The number of aryl methyl sites for hydroxylation is 1. The van der Waals surface area contributed by atoms with Crippen molar-refractivity contribution >= 4 is 22.1 Å². The fourth-order valence-electron chi connectivity index (χ4n) is 3.99. The first kappa shape index (κ1) is 24.5. The quantitative estimate of drug-likeness (QED) is 0.154. The normalized spacial score (nSPS) is 11.3. The van der Waals surface area contributed by atoms with Gasteiger partial charge in [-0.1, -0.05) is 75.1 Å². The number of hydrogen-bond donors (Lipinski definition) is 0. The maximum atomic E-state index is 5.94. The second-order valence-electron chi connectivity index (χ2n) is 8.84. The van der Waals surface area contributed by atoms with E-state index in [9.17, 15) is 0 Å². The highest BCUT2D eigenvalue weighted by Gasteiger charge is 2.03. The molecule has 0 N–H and O–H groups in total. The molecule has 0 aromatic heterocycles. The molecule has 0 saturated heterocycles. The van der Waals surface area contributed by atoms with Crippen LogP contribution in [-0.2, 0) is 6.61 Å². The molecule has 0 fully saturated rings. The van der Waals surface area contributed by atoms with Gasteiger partial charge in [-0.25, -0.2) is 0 Å². The maximum absolute atomic E-state index is 5.94. The zero-order chi connectivity index (χ0) is 24.3. The molecular weight excluding hydrogens is 432 g/mol. The lowest BCUT2D eigenvalue weighted by Gasteiger charge is -2.09. The van der Waals surface area contributed by atoms with E-state index in [1.54, 1.807) is 0 Å². The molecule has 4 heteroatoms. The second kappa shape index (κ2) is 12.7. The first-order valence-electron chi connectivity index (χ1n) is 12.6. The van der Waals surface area contributed by atoms with Gasteiger partial charge in [0.25, 0.3) is 0 Å². The molecular formula is C31H34N2O2. The third-order valence-corrected chi connectivity index (χ3v) is 6.07. The SMILES string of the molecule is CCCCCCCOc1ccc(COc2ccc(N=Nc3ccc(C)c4ccccc34)cc2)cc1. The molecule has 35 heavy (non-hydrogen) atoms. The molecule has 180 valence electrons. The Labute approximate surface area is 208 Å². The predicted molar refractivity (Wildman–Crippen MR) is 144 cm³/mol. The molecule has 0 unspecified atom stereocenters. The van der Waals surface area contributed by atoms with Crippen molar-refractivity contribution in [3.8, 4) is 11.5 Å². The van der Waals surface area contributed by atoms with Gasteiger partial charge < -0.3 is 9.47 Å². The Morgan fingerprint density at radius 1 is 0.629 bits per heavy atom. The molecule has 0 radical (unpaired) electrons. The summed E-state index contributed by atoms with van der Waals surface area (Å²) >= 11 is 0. The summed E-state index contributed by atoms with van der Waals surface area (Å²) in [6.45, 7) is 5.63. The smallest absolute Gasteiger partial charge is 0.119 e. The van der Waals surface area contributed by atoms with Gasteiger partial charge in [-0.3, -0.25) is 0 Å². The Hall–Kier alpha value is -3.66. The largest absolute Gasteiger partial charge is 0.494 e. The summed E-state index contributed by atoms with van der Waals surface area (Å²) in [5.41, 5.74) is 4.00. The Morgan fingerprint density at radius 3 is 2.09 bits per heavy atom. The summed E-state index contributed by atoms with van der Waals surface area (Å²) in [6, 6.07) is 28.2. The van der Waals surface area contributed by atoms with E-state index in [1.807, 2.05) is 54.6 Å². The van der Waals surface area contributed by atoms with Crippen molar-refractivity contribution in [1.29, 1.82) is 0 Å². The van der Waals surface area contributed by atoms with Crippen LogP contribution in [0.4, 0.5) is 11.4 Å². The van der Waals surface area contributed by atoms with E-state index in [-0.39, 0.29) is 0 Å². The maximum Gasteiger partial charge on any atom is 0.119 e. The minimum Gasteiger partial charge on any atom is -0.494 e. The number of hydrogen-bond acceptors (Lipinski definition) is 4. The van der Waals surface area contributed by atoms with Gasteiger partial charge in [0.1, 0.15) is 18.1 Å². The summed E-state index contributed by atoms with van der Waals surface area (Å²) < 4.78 is 11.8. The second-order valence-corrected chi connectivity index (χ2v) is 8.84. The summed E-state index contributed by atoms with van der Waals surface area (Å²) in [5, 5.41) is 11.2. The number of rotatable bonds is 12. The van der Waals surface area contributed by atoms with Gasteiger partial charge in [0.05, 0.1) is 18.0 Å². The standard InChI is InChI=1S/C31H34N2O2/c1-3-4-5-6-9-22-34-27-17-13-25(14-18-27)23-35-28-19-15-26(16-20-28)32-33-31-21-12-24(2)29-10-7-8-11-30(29)31/h7-8,10-21H,3-6,9,22-23H2,1-2H3. The van der Waals surface area contributed by atoms with E-state index in [0.29, 0.717) is 6.61 Å². The van der Waals surface area contributed by atoms with Crippen LogP contribution in [0.15, 0.2) is 95.2 Å². The van der Waals surface area contributed by atoms with E-state index in [4.69, 9.17) is 9.47 Å². The van der Waals surface area contributed by atoms with Crippen LogP contribution in [0.5, 0.6) is 11.5 Å². The molecule has 0 saturated carbocycles. The van der Waals surface area contributed by atoms with E-state index < -0.39 is 0 Å². The molecule has 0 heterocycles. The Balaban J connectivity index is 1.26. The molecule has 4 aromatic carbocycles. The Kier molecular flexibility index (Phi) is 8.88. The highest BCUT2D eigenvalue weighted by atomic mass is 16.5. The third-order valence-electron chi connectivity index (χ3n) is 6.07. The van der Waals surface area contributed by atoms with Crippen molar-refractivity contribution in [2.24, 2.45) is 10.2 Å². The van der Waals surface area contributed by atoms with Crippen LogP contribution in [-0.4, -0.2) is 6.61 Å². The third kappa shape index (κ3) is 7.16. The lowest BCUT2D eigenvalue weighted by molar-refractivity contribution is 0.300. The lowest BCUT2D eigenvalue weighted by atomic mass is 10.0. The van der Waals surface area contributed by atoms with Crippen molar-refractivity contribution in [2.45, 2.75) is 52.6 Å². The number of nitrogens with zero attached hydrogens (tertiary/aromatic N) is 2. The molecule has 0 atom stereocenters. The van der Waals surface area contributed by atoms with Gasteiger partial charge in [0, 0.05) is 5.39 Å². The fourth-order valence-corrected chi connectivity index (χ4v) is 3.99. The van der Waals surface area contributed by atoms with Crippen molar-refractivity contribution in [3.63, 3.8) is 0 Å². The van der Waals surface area contributed by atoms with Gasteiger partial charge >= 0.3 is 0 Å². The minimum absolute atomic E-state index is 0.507. The van der Waals surface area contributed by atoms with Crippen molar-refractivity contribution in [3.05, 3.63) is 96.1 Å². The first-order chi connectivity index (χ1) is 17.2. The average Bonchev–Trinajstić information content (AvgIpc) is 2.90. The highest BCUT2D eigenvalue weighted by Crippen LogP contribution is 2.30. The lowest BCUT2D eigenvalue weighted by Crippen LogP contribution is -1.98. The van der Waals surface area contributed by atoms with Crippen LogP contribution in [0.3, 0.4) is 0 Å². The van der Waals surface area contributed by atoms with Crippen LogP contribution in [0, 0.1) is 6.92 Å². The van der Waals surface area contributed by atoms with Crippen molar-refractivity contribution < 1.29 is 9.47 Å². The monoisotopic (exact) mass is 466 g/mol. The predicted octanol–water partition coefficient (Wildman–Crippen LogP) is 9.49. The van der Waals surface area contributed by atoms with Crippen molar-refractivity contribution in [1.82, 2.24) is 0 Å².